The zero-order chi connectivity index (χ0) is 16.0. The van der Waals surface area contributed by atoms with E-state index in [1.54, 1.807) is 17.7 Å². The molecule has 0 atom stereocenters. The van der Waals surface area contributed by atoms with Crippen LogP contribution in [0.25, 0.3) is 33.0 Å². The van der Waals surface area contributed by atoms with E-state index in [0.29, 0.717) is 16.5 Å². The molecule has 0 spiro atoms. The minimum absolute atomic E-state index is 0.181. The van der Waals surface area contributed by atoms with Crippen LogP contribution in [0.1, 0.15) is 0 Å². The van der Waals surface area contributed by atoms with E-state index in [1.807, 2.05) is 54.6 Å². The van der Waals surface area contributed by atoms with Crippen LogP contribution in [0, 0.1) is 0 Å². The summed E-state index contributed by atoms with van der Waals surface area (Å²) >= 11 is 0. The SMILES string of the molecule is Cn1c(=O)c2cc(-c3ccccc3)c(=O)oc2c2ccccc21. The highest BCUT2D eigenvalue weighted by Crippen LogP contribution is 2.24. The number of rotatable bonds is 1. The number of aromatic nitrogens is 1. The summed E-state index contributed by atoms with van der Waals surface area (Å²) in [5, 5.41) is 1.16. The molecule has 0 N–H and O–H groups in total. The lowest BCUT2D eigenvalue weighted by atomic mass is 10.1. The van der Waals surface area contributed by atoms with Crippen molar-refractivity contribution in [3.05, 3.63) is 81.4 Å². The third kappa shape index (κ3) is 1.99. The summed E-state index contributed by atoms with van der Waals surface area (Å²) in [6.45, 7) is 0. The quantitative estimate of drug-likeness (QED) is 0.507. The summed E-state index contributed by atoms with van der Waals surface area (Å²) in [5.74, 6) is 0. The molecule has 0 radical (unpaired) electrons. The van der Waals surface area contributed by atoms with Crippen LogP contribution < -0.4 is 11.2 Å². The molecule has 0 saturated heterocycles. The Morgan fingerprint density at radius 2 is 1.57 bits per heavy atom. The molecule has 0 aliphatic carbocycles. The van der Waals surface area contributed by atoms with E-state index in [1.165, 1.54) is 0 Å². The number of hydrogen-bond donors (Lipinski definition) is 0. The number of fused-ring (bicyclic) bond motifs is 3. The lowest BCUT2D eigenvalue weighted by Crippen LogP contribution is -2.18. The molecule has 4 aromatic rings. The Hall–Kier alpha value is -3.14. The number of benzene rings is 2. The van der Waals surface area contributed by atoms with Crippen molar-refractivity contribution in [2.24, 2.45) is 7.05 Å². The molecule has 2 aromatic carbocycles. The second kappa shape index (κ2) is 4.95. The number of hydrogen-bond acceptors (Lipinski definition) is 3. The maximum Gasteiger partial charge on any atom is 0.344 e. The van der Waals surface area contributed by atoms with Crippen molar-refractivity contribution < 1.29 is 4.42 Å². The molecule has 4 heteroatoms. The van der Waals surface area contributed by atoms with E-state index in [2.05, 4.69) is 0 Å². The van der Waals surface area contributed by atoms with Gasteiger partial charge in [0, 0.05) is 12.4 Å². The second-order valence-corrected chi connectivity index (χ2v) is 5.44. The van der Waals surface area contributed by atoms with Crippen molar-refractivity contribution in [2.75, 3.05) is 0 Å². The van der Waals surface area contributed by atoms with Crippen LogP contribution >= 0.6 is 0 Å². The van der Waals surface area contributed by atoms with Gasteiger partial charge < -0.3 is 8.98 Å². The smallest absolute Gasteiger partial charge is 0.344 e. The molecule has 0 unspecified atom stereocenters. The molecule has 2 heterocycles. The Kier molecular flexibility index (Phi) is 2.91. The molecule has 23 heavy (non-hydrogen) atoms. The molecule has 0 bridgehead atoms. The predicted molar refractivity (Wildman–Crippen MR) is 90.7 cm³/mol. The summed E-state index contributed by atoms with van der Waals surface area (Å²) < 4.78 is 7.10. The number of para-hydroxylation sites is 1. The molecule has 0 aliphatic rings. The Labute approximate surface area is 131 Å². The van der Waals surface area contributed by atoms with E-state index in [0.717, 1.165) is 16.5 Å². The Balaban J connectivity index is 2.19. The minimum atomic E-state index is -0.442. The average Bonchev–Trinajstić information content (AvgIpc) is 2.60. The van der Waals surface area contributed by atoms with Crippen molar-refractivity contribution in [3.8, 4) is 11.1 Å². The molecule has 4 nitrogen and oxygen atoms in total. The maximum atomic E-state index is 12.6. The zero-order valence-electron chi connectivity index (χ0n) is 12.4. The Bertz CT molecular complexity index is 1150. The number of aryl methyl sites for hydroxylation is 1. The van der Waals surface area contributed by atoms with Gasteiger partial charge in [-0.1, -0.05) is 42.5 Å². The van der Waals surface area contributed by atoms with Gasteiger partial charge in [-0.15, -0.1) is 0 Å². The number of pyridine rings is 1. The van der Waals surface area contributed by atoms with Gasteiger partial charge in [-0.3, -0.25) is 4.79 Å². The molecule has 0 saturated carbocycles. The third-order valence-corrected chi connectivity index (χ3v) is 4.08. The fraction of sp³-hybridized carbons (Fsp3) is 0.0526. The summed E-state index contributed by atoms with van der Waals surface area (Å²) in [6.07, 6.45) is 0. The first kappa shape index (κ1) is 13.5. The van der Waals surface area contributed by atoms with E-state index in [4.69, 9.17) is 4.42 Å². The average molecular weight is 303 g/mol. The molecular formula is C19H13NO3. The molecule has 4 rings (SSSR count). The molecule has 2 aromatic heterocycles. The largest absolute Gasteiger partial charge is 0.421 e. The van der Waals surface area contributed by atoms with Crippen LogP contribution in [0.4, 0.5) is 0 Å². The highest BCUT2D eigenvalue weighted by atomic mass is 16.4. The lowest BCUT2D eigenvalue weighted by molar-refractivity contribution is 0.565. The third-order valence-electron chi connectivity index (χ3n) is 4.08. The summed E-state index contributed by atoms with van der Waals surface area (Å²) in [6, 6.07) is 18.2. The van der Waals surface area contributed by atoms with Crippen molar-refractivity contribution in [1.29, 1.82) is 0 Å². The van der Waals surface area contributed by atoms with Gasteiger partial charge in [0.15, 0.2) is 5.58 Å². The van der Waals surface area contributed by atoms with E-state index in [9.17, 15) is 9.59 Å². The zero-order valence-corrected chi connectivity index (χ0v) is 12.4. The number of nitrogens with zero attached hydrogens (tertiary/aromatic N) is 1. The van der Waals surface area contributed by atoms with Gasteiger partial charge in [-0.2, -0.15) is 0 Å². The highest BCUT2D eigenvalue weighted by Gasteiger charge is 2.14. The van der Waals surface area contributed by atoms with Gasteiger partial charge in [0.25, 0.3) is 5.56 Å². The van der Waals surface area contributed by atoms with E-state index >= 15 is 0 Å². The normalized spacial score (nSPS) is 11.2. The first-order valence-electron chi connectivity index (χ1n) is 7.28. The van der Waals surface area contributed by atoms with Crippen molar-refractivity contribution in [1.82, 2.24) is 4.57 Å². The predicted octanol–water partition coefficient (Wildman–Crippen LogP) is 3.31. The lowest BCUT2D eigenvalue weighted by Gasteiger charge is -2.08. The molecule has 0 fully saturated rings. The first-order valence-corrected chi connectivity index (χ1v) is 7.28. The van der Waals surface area contributed by atoms with Crippen LogP contribution in [-0.4, -0.2) is 4.57 Å². The fourth-order valence-corrected chi connectivity index (χ4v) is 2.90. The van der Waals surface area contributed by atoms with E-state index in [-0.39, 0.29) is 5.56 Å². The topological polar surface area (TPSA) is 52.2 Å². The second-order valence-electron chi connectivity index (χ2n) is 5.44. The standard InChI is InChI=1S/C19H13NO3/c1-20-16-10-6-5-9-13(16)17-15(18(20)21)11-14(19(22)23-17)12-7-3-2-4-8-12/h2-11H,1H3. The summed E-state index contributed by atoms with van der Waals surface area (Å²) in [5.41, 5.74) is 1.58. The summed E-state index contributed by atoms with van der Waals surface area (Å²) in [4.78, 5) is 25.0. The molecule has 112 valence electrons. The first-order chi connectivity index (χ1) is 11.2. The highest BCUT2D eigenvalue weighted by molar-refractivity contribution is 6.02. The van der Waals surface area contributed by atoms with Crippen LogP contribution in [0.3, 0.4) is 0 Å². The molecule has 0 aliphatic heterocycles. The van der Waals surface area contributed by atoms with Gasteiger partial charge >= 0.3 is 5.63 Å². The van der Waals surface area contributed by atoms with Gasteiger partial charge in [0.05, 0.1) is 16.5 Å². The van der Waals surface area contributed by atoms with Crippen LogP contribution in [-0.2, 0) is 7.05 Å². The van der Waals surface area contributed by atoms with Gasteiger partial charge in [-0.05, 0) is 23.8 Å². The van der Waals surface area contributed by atoms with Crippen LogP contribution in [0.15, 0.2) is 74.7 Å². The van der Waals surface area contributed by atoms with Crippen LogP contribution in [0.2, 0.25) is 0 Å². The Morgan fingerprint density at radius 3 is 2.35 bits per heavy atom. The Morgan fingerprint density at radius 1 is 0.870 bits per heavy atom. The van der Waals surface area contributed by atoms with Crippen molar-refractivity contribution >= 4 is 21.9 Å². The molecule has 0 amide bonds. The van der Waals surface area contributed by atoms with Crippen molar-refractivity contribution in [3.63, 3.8) is 0 Å². The minimum Gasteiger partial charge on any atom is -0.421 e. The maximum absolute atomic E-state index is 12.6. The van der Waals surface area contributed by atoms with Gasteiger partial charge in [-0.25, -0.2) is 4.79 Å². The van der Waals surface area contributed by atoms with Gasteiger partial charge in [0.2, 0.25) is 0 Å². The van der Waals surface area contributed by atoms with Gasteiger partial charge in [0.1, 0.15) is 0 Å². The summed E-state index contributed by atoms with van der Waals surface area (Å²) in [7, 11) is 1.72. The van der Waals surface area contributed by atoms with E-state index < -0.39 is 5.63 Å². The molecular weight excluding hydrogens is 290 g/mol. The fourth-order valence-electron chi connectivity index (χ4n) is 2.90. The van der Waals surface area contributed by atoms with Crippen molar-refractivity contribution in [2.45, 2.75) is 0 Å². The monoisotopic (exact) mass is 303 g/mol. The van der Waals surface area contributed by atoms with Crippen LogP contribution in [0.5, 0.6) is 0 Å².